The van der Waals surface area contributed by atoms with E-state index in [4.69, 9.17) is 14.6 Å². The van der Waals surface area contributed by atoms with Gasteiger partial charge in [-0.05, 0) is 38.1 Å². The molecule has 0 saturated heterocycles. The van der Waals surface area contributed by atoms with Crippen molar-refractivity contribution in [2.24, 2.45) is 5.14 Å². The van der Waals surface area contributed by atoms with E-state index in [1.54, 1.807) is 6.07 Å². The van der Waals surface area contributed by atoms with E-state index >= 15 is 0 Å². The average Bonchev–Trinajstić information content (AvgIpc) is 2.61. The number of nitrogens with one attached hydrogen (secondary N) is 1. The minimum absolute atomic E-state index is 0.0522. The molecule has 0 aliphatic rings. The second kappa shape index (κ2) is 8.85. The molecule has 8 nitrogen and oxygen atoms in total. The van der Waals surface area contributed by atoms with Crippen LogP contribution in [0.1, 0.15) is 18.1 Å². The van der Waals surface area contributed by atoms with Crippen LogP contribution in [0.4, 0.5) is 5.69 Å². The third-order valence-corrected chi connectivity index (χ3v) is 4.79. The standard InChI is InChI=1S/C19H22N2O6S/c1-12-7-8-17(26-3)14(9-12)10-18(22)27-13(2)19(23)21-15-5-4-6-16(11-15)28(20,24)25/h4-9,11,13H,10H2,1-3H3,(H,21,23)(H2,20,24,25)/t13-/m1/s1. The Bertz CT molecular complexity index is 988. The van der Waals surface area contributed by atoms with Crippen LogP contribution in [0, 0.1) is 6.92 Å². The molecule has 0 spiro atoms. The Kier molecular flexibility index (Phi) is 6.76. The zero-order chi connectivity index (χ0) is 20.9. The van der Waals surface area contributed by atoms with Crippen molar-refractivity contribution in [1.82, 2.24) is 0 Å². The fourth-order valence-corrected chi connectivity index (χ4v) is 3.05. The van der Waals surface area contributed by atoms with Crippen molar-refractivity contribution in [2.45, 2.75) is 31.3 Å². The van der Waals surface area contributed by atoms with Gasteiger partial charge in [0.15, 0.2) is 6.10 Å². The molecule has 1 atom stereocenters. The number of amides is 1. The summed E-state index contributed by atoms with van der Waals surface area (Å²) in [5, 5.41) is 7.56. The van der Waals surface area contributed by atoms with Crippen LogP contribution in [0.25, 0.3) is 0 Å². The Morgan fingerprint density at radius 2 is 1.89 bits per heavy atom. The lowest BCUT2D eigenvalue weighted by Crippen LogP contribution is -2.30. The molecule has 2 rings (SSSR count). The lowest BCUT2D eigenvalue weighted by molar-refractivity contribution is -0.152. The number of hydrogen-bond donors (Lipinski definition) is 2. The first-order chi connectivity index (χ1) is 13.1. The molecular formula is C19H22N2O6S. The summed E-state index contributed by atoms with van der Waals surface area (Å²) < 4.78 is 33.2. The molecule has 0 heterocycles. The molecule has 0 aliphatic carbocycles. The van der Waals surface area contributed by atoms with Crippen molar-refractivity contribution in [3.05, 3.63) is 53.6 Å². The number of methoxy groups -OCH3 is 1. The van der Waals surface area contributed by atoms with Crippen molar-refractivity contribution >= 4 is 27.6 Å². The first-order valence-electron chi connectivity index (χ1n) is 8.37. The predicted molar refractivity (Wildman–Crippen MR) is 103 cm³/mol. The summed E-state index contributed by atoms with van der Waals surface area (Å²) in [6.45, 7) is 3.31. The number of carbonyl (C=O) groups excluding carboxylic acids is 2. The molecule has 0 fully saturated rings. The molecule has 2 aromatic carbocycles. The normalized spacial score (nSPS) is 12.1. The predicted octanol–water partition coefficient (Wildman–Crippen LogP) is 1.76. The zero-order valence-electron chi connectivity index (χ0n) is 15.8. The Hall–Kier alpha value is -2.91. The topological polar surface area (TPSA) is 125 Å². The van der Waals surface area contributed by atoms with E-state index in [0.29, 0.717) is 11.3 Å². The van der Waals surface area contributed by atoms with Crippen LogP contribution in [0.15, 0.2) is 47.4 Å². The van der Waals surface area contributed by atoms with Gasteiger partial charge in [-0.15, -0.1) is 0 Å². The Balaban J connectivity index is 2.01. The summed E-state index contributed by atoms with van der Waals surface area (Å²) in [7, 11) is -2.39. The third-order valence-electron chi connectivity index (χ3n) is 3.88. The van der Waals surface area contributed by atoms with E-state index in [-0.39, 0.29) is 17.0 Å². The third kappa shape index (κ3) is 5.80. The van der Waals surface area contributed by atoms with Gasteiger partial charge in [0.05, 0.1) is 18.4 Å². The molecule has 2 aromatic rings. The van der Waals surface area contributed by atoms with Gasteiger partial charge in [-0.2, -0.15) is 0 Å². The molecule has 9 heteroatoms. The molecule has 0 unspecified atom stereocenters. The molecule has 150 valence electrons. The monoisotopic (exact) mass is 406 g/mol. The van der Waals surface area contributed by atoms with Gasteiger partial charge in [-0.25, -0.2) is 13.6 Å². The summed E-state index contributed by atoms with van der Waals surface area (Å²) in [5.41, 5.74) is 1.84. The number of primary sulfonamides is 1. The van der Waals surface area contributed by atoms with Gasteiger partial charge < -0.3 is 14.8 Å². The number of sulfonamides is 1. The molecule has 0 saturated carbocycles. The second-order valence-electron chi connectivity index (χ2n) is 6.19. The molecule has 3 N–H and O–H groups in total. The van der Waals surface area contributed by atoms with Crippen molar-refractivity contribution in [2.75, 3.05) is 12.4 Å². The van der Waals surface area contributed by atoms with Gasteiger partial charge in [0, 0.05) is 11.3 Å². The smallest absolute Gasteiger partial charge is 0.311 e. The molecule has 0 aromatic heterocycles. The van der Waals surface area contributed by atoms with Gasteiger partial charge in [0.25, 0.3) is 5.91 Å². The number of carbonyl (C=O) groups is 2. The summed E-state index contributed by atoms with van der Waals surface area (Å²) in [5.74, 6) is -0.638. The average molecular weight is 406 g/mol. The van der Waals surface area contributed by atoms with Gasteiger partial charge in [-0.3, -0.25) is 9.59 Å². The highest BCUT2D eigenvalue weighted by molar-refractivity contribution is 7.89. The Morgan fingerprint density at radius 1 is 1.18 bits per heavy atom. The van der Waals surface area contributed by atoms with Crippen LogP contribution in [0.3, 0.4) is 0 Å². The highest BCUT2D eigenvalue weighted by Crippen LogP contribution is 2.21. The minimum atomic E-state index is -3.89. The van der Waals surface area contributed by atoms with E-state index in [1.807, 2.05) is 19.1 Å². The molecule has 0 bridgehead atoms. The largest absolute Gasteiger partial charge is 0.496 e. The molecule has 0 aliphatic heterocycles. The fourth-order valence-electron chi connectivity index (χ4n) is 2.49. The maximum Gasteiger partial charge on any atom is 0.311 e. The zero-order valence-corrected chi connectivity index (χ0v) is 16.6. The summed E-state index contributed by atoms with van der Waals surface area (Å²) in [6.07, 6.45) is -1.13. The van der Waals surface area contributed by atoms with E-state index in [9.17, 15) is 18.0 Å². The first-order valence-corrected chi connectivity index (χ1v) is 9.91. The van der Waals surface area contributed by atoms with E-state index < -0.39 is 28.0 Å². The molecule has 1 amide bonds. The highest BCUT2D eigenvalue weighted by atomic mass is 32.2. The van der Waals surface area contributed by atoms with Crippen molar-refractivity contribution in [3.63, 3.8) is 0 Å². The number of anilines is 1. The number of ether oxygens (including phenoxy) is 2. The molecular weight excluding hydrogens is 384 g/mol. The number of nitrogens with two attached hydrogens (primary N) is 1. The van der Waals surface area contributed by atoms with Crippen LogP contribution in [-0.2, 0) is 30.8 Å². The maximum atomic E-state index is 12.2. The summed E-state index contributed by atoms with van der Waals surface area (Å²) in [4.78, 5) is 24.3. The summed E-state index contributed by atoms with van der Waals surface area (Å²) >= 11 is 0. The van der Waals surface area contributed by atoms with Crippen LogP contribution in [-0.4, -0.2) is 33.5 Å². The van der Waals surface area contributed by atoms with Gasteiger partial charge in [-0.1, -0.05) is 23.8 Å². The summed E-state index contributed by atoms with van der Waals surface area (Å²) in [6, 6.07) is 10.9. The van der Waals surface area contributed by atoms with Crippen LogP contribution >= 0.6 is 0 Å². The number of esters is 1. The van der Waals surface area contributed by atoms with Crippen molar-refractivity contribution in [3.8, 4) is 5.75 Å². The van der Waals surface area contributed by atoms with Crippen LogP contribution in [0.2, 0.25) is 0 Å². The van der Waals surface area contributed by atoms with Gasteiger partial charge >= 0.3 is 5.97 Å². The minimum Gasteiger partial charge on any atom is -0.496 e. The first kappa shape index (κ1) is 21.4. The van der Waals surface area contributed by atoms with E-state index in [2.05, 4.69) is 5.32 Å². The Labute approximate surface area is 163 Å². The second-order valence-corrected chi connectivity index (χ2v) is 7.75. The fraction of sp³-hybridized carbons (Fsp3) is 0.263. The van der Waals surface area contributed by atoms with Crippen LogP contribution in [0.5, 0.6) is 5.75 Å². The number of benzene rings is 2. The Morgan fingerprint density at radius 3 is 2.54 bits per heavy atom. The highest BCUT2D eigenvalue weighted by Gasteiger charge is 2.20. The van der Waals surface area contributed by atoms with Crippen molar-refractivity contribution < 1.29 is 27.5 Å². The number of hydrogen-bond acceptors (Lipinski definition) is 6. The SMILES string of the molecule is COc1ccc(C)cc1CC(=O)O[C@H](C)C(=O)Nc1cccc(S(N)(=O)=O)c1. The number of aryl methyl sites for hydroxylation is 1. The molecule has 0 radical (unpaired) electrons. The van der Waals surface area contributed by atoms with Gasteiger partial charge in [0.1, 0.15) is 5.75 Å². The lowest BCUT2D eigenvalue weighted by atomic mass is 10.1. The van der Waals surface area contributed by atoms with Gasteiger partial charge in [0.2, 0.25) is 10.0 Å². The van der Waals surface area contributed by atoms with Crippen LogP contribution < -0.4 is 15.2 Å². The lowest BCUT2D eigenvalue weighted by Gasteiger charge is -2.15. The molecule has 28 heavy (non-hydrogen) atoms. The number of rotatable bonds is 7. The van der Waals surface area contributed by atoms with Crippen molar-refractivity contribution in [1.29, 1.82) is 0 Å². The maximum absolute atomic E-state index is 12.2. The quantitative estimate of drug-likeness (QED) is 0.675. The van der Waals surface area contributed by atoms with E-state index in [0.717, 1.165) is 5.56 Å². The van der Waals surface area contributed by atoms with E-state index in [1.165, 1.54) is 38.3 Å².